The van der Waals surface area contributed by atoms with E-state index in [1.54, 1.807) is 19.1 Å². The summed E-state index contributed by atoms with van der Waals surface area (Å²) in [6.07, 6.45) is 1.37. The maximum atomic E-state index is 11.8. The fourth-order valence-electron chi connectivity index (χ4n) is 1.62. The number of aliphatic carboxylic acids is 1. The zero-order chi connectivity index (χ0) is 13.5. The number of rotatable bonds is 6. The minimum atomic E-state index is -0.806. The molecule has 0 bridgehead atoms. The molecule has 0 saturated carbocycles. The van der Waals surface area contributed by atoms with Gasteiger partial charge in [-0.05, 0) is 38.8 Å². The van der Waals surface area contributed by atoms with Crippen LogP contribution in [-0.2, 0) is 4.79 Å². The molecular formula is C13H18N2O3. The van der Waals surface area contributed by atoms with Crippen LogP contribution in [0.4, 0.5) is 0 Å². The molecule has 1 aromatic heterocycles. The number of nitrogens with zero attached hydrogens (tertiary/aromatic N) is 1. The van der Waals surface area contributed by atoms with Crippen molar-refractivity contribution in [3.8, 4) is 0 Å². The van der Waals surface area contributed by atoms with E-state index in [0.29, 0.717) is 30.6 Å². The molecule has 0 unspecified atom stereocenters. The molecule has 0 spiro atoms. The standard InChI is InChI=1S/C13H18N2O3/c1-9-6-7-11(10(2)15-9)13(18)14-8-4-3-5-12(16)17/h6-7H,3-5,8H2,1-2H3,(H,14,18)(H,16,17). The Kier molecular flexibility index (Phi) is 5.30. The van der Waals surface area contributed by atoms with Crippen molar-refractivity contribution in [3.05, 3.63) is 29.1 Å². The number of hydrogen-bond donors (Lipinski definition) is 2. The van der Waals surface area contributed by atoms with Gasteiger partial charge in [-0.25, -0.2) is 0 Å². The summed E-state index contributed by atoms with van der Waals surface area (Å²) in [5, 5.41) is 11.2. The smallest absolute Gasteiger partial charge is 0.303 e. The normalized spacial score (nSPS) is 10.1. The second kappa shape index (κ2) is 6.74. The van der Waals surface area contributed by atoms with Crippen LogP contribution in [0.15, 0.2) is 12.1 Å². The Morgan fingerprint density at radius 1 is 1.28 bits per heavy atom. The van der Waals surface area contributed by atoms with E-state index in [9.17, 15) is 9.59 Å². The van der Waals surface area contributed by atoms with Crippen LogP contribution in [-0.4, -0.2) is 28.5 Å². The summed E-state index contributed by atoms with van der Waals surface area (Å²) < 4.78 is 0. The van der Waals surface area contributed by atoms with E-state index < -0.39 is 5.97 Å². The van der Waals surface area contributed by atoms with Crippen molar-refractivity contribution >= 4 is 11.9 Å². The van der Waals surface area contributed by atoms with Crippen LogP contribution in [0.3, 0.4) is 0 Å². The number of aromatic nitrogens is 1. The maximum absolute atomic E-state index is 11.8. The molecule has 0 fully saturated rings. The van der Waals surface area contributed by atoms with Gasteiger partial charge in [-0.1, -0.05) is 0 Å². The Hall–Kier alpha value is -1.91. The highest BCUT2D eigenvalue weighted by Gasteiger charge is 2.09. The molecule has 0 aliphatic heterocycles. The first kappa shape index (κ1) is 14.2. The van der Waals surface area contributed by atoms with Crippen LogP contribution in [0.25, 0.3) is 0 Å². The number of nitrogens with one attached hydrogen (secondary N) is 1. The second-order valence-corrected chi connectivity index (χ2v) is 4.19. The number of carboxylic acid groups (broad SMARTS) is 1. The van der Waals surface area contributed by atoms with Crippen molar-refractivity contribution in [2.24, 2.45) is 0 Å². The first-order valence-corrected chi connectivity index (χ1v) is 5.95. The molecule has 0 aliphatic carbocycles. The minimum absolute atomic E-state index is 0.140. The maximum Gasteiger partial charge on any atom is 0.303 e. The van der Waals surface area contributed by atoms with Gasteiger partial charge in [0.25, 0.3) is 5.91 Å². The van der Waals surface area contributed by atoms with Gasteiger partial charge in [0.1, 0.15) is 0 Å². The number of unbranched alkanes of at least 4 members (excludes halogenated alkanes) is 1. The van der Waals surface area contributed by atoms with E-state index in [-0.39, 0.29) is 12.3 Å². The highest BCUT2D eigenvalue weighted by atomic mass is 16.4. The van der Waals surface area contributed by atoms with Crippen LogP contribution >= 0.6 is 0 Å². The summed E-state index contributed by atoms with van der Waals surface area (Å²) in [5.74, 6) is -0.963. The second-order valence-electron chi connectivity index (χ2n) is 4.19. The molecule has 5 heteroatoms. The van der Waals surface area contributed by atoms with E-state index in [1.165, 1.54) is 0 Å². The van der Waals surface area contributed by atoms with E-state index in [0.717, 1.165) is 5.69 Å². The van der Waals surface area contributed by atoms with Crippen molar-refractivity contribution in [3.63, 3.8) is 0 Å². The zero-order valence-electron chi connectivity index (χ0n) is 10.7. The first-order chi connectivity index (χ1) is 8.50. The summed E-state index contributed by atoms with van der Waals surface area (Å²) in [4.78, 5) is 26.3. The Labute approximate surface area is 106 Å². The molecule has 18 heavy (non-hydrogen) atoms. The average Bonchev–Trinajstić information content (AvgIpc) is 2.27. The average molecular weight is 250 g/mol. The molecule has 0 atom stereocenters. The third-order valence-electron chi connectivity index (χ3n) is 2.57. The Morgan fingerprint density at radius 3 is 2.61 bits per heavy atom. The van der Waals surface area contributed by atoms with E-state index in [4.69, 9.17) is 5.11 Å². The summed E-state index contributed by atoms with van der Waals surface area (Å²) >= 11 is 0. The van der Waals surface area contributed by atoms with Gasteiger partial charge in [-0.2, -0.15) is 0 Å². The van der Waals surface area contributed by atoms with Gasteiger partial charge in [0, 0.05) is 18.7 Å². The summed E-state index contributed by atoms with van der Waals surface area (Å²) in [6.45, 7) is 4.16. The lowest BCUT2D eigenvalue weighted by atomic mass is 10.1. The number of aryl methyl sites for hydroxylation is 2. The van der Waals surface area contributed by atoms with Crippen LogP contribution < -0.4 is 5.32 Å². The van der Waals surface area contributed by atoms with Gasteiger partial charge in [0.15, 0.2) is 0 Å². The molecule has 98 valence electrons. The molecule has 1 amide bonds. The first-order valence-electron chi connectivity index (χ1n) is 5.95. The third-order valence-corrected chi connectivity index (χ3v) is 2.57. The zero-order valence-corrected chi connectivity index (χ0v) is 10.7. The largest absolute Gasteiger partial charge is 0.481 e. The minimum Gasteiger partial charge on any atom is -0.481 e. The van der Waals surface area contributed by atoms with E-state index in [2.05, 4.69) is 10.3 Å². The molecule has 1 heterocycles. The summed E-state index contributed by atoms with van der Waals surface area (Å²) in [6, 6.07) is 3.55. The Balaban J connectivity index is 2.39. The van der Waals surface area contributed by atoms with Gasteiger partial charge < -0.3 is 10.4 Å². The molecule has 0 aromatic carbocycles. The lowest BCUT2D eigenvalue weighted by molar-refractivity contribution is -0.137. The topological polar surface area (TPSA) is 79.3 Å². The number of carbonyl (C=O) groups is 2. The monoisotopic (exact) mass is 250 g/mol. The van der Waals surface area contributed by atoms with E-state index >= 15 is 0 Å². The number of amides is 1. The Morgan fingerprint density at radius 2 is 2.00 bits per heavy atom. The highest BCUT2D eigenvalue weighted by molar-refractivity contribution is 5.95. The number of carboxylic acids is 1. The fraction of sp³-hybridized carbons (Fsp3) is 0.462. The quantitative estimate of drug-likeness (QED) is 0.753. The van der Waals surface area contributed by atoms with Crippen molar-refractivity contribution in [2.75, 3.05) is 6.54 Å². The molecule has 0 aliphatic rings. The van der Waals surface area contributed by atoms with Gasteiger partial charge in [-0.3, -0.25) is 14.6 Å². The van der Waals surface area contributed by atoms with Gasteiger partial charge in [-0.15, -0.1) is 0 Å². The molecule has 0 saturated heterocycles. The van der Waals surface area contributed by atoms with Crippen molar-refractivity contribution < 1.29 is 14.7 Å². The Bertz CT molecular complexity index is 444. The number of pyridine rings is 1. The molecule has 2 N–H and O–H groups in total. The van der Waals surface area contributed by atoms with Crippen LogP contribution in [0.1, 0.15) is 41.0 Å². The SMILES string of the molecule is Cc1ccc(C(=O)NCCCCC(=O)O)c(C)n1. The molecule has 1 aromatic rings. The fourth-order valence-corrected chi connectivity index (χ4v) is 1.62. The number of hydrogen-bond acceptors (Lipinski definition) is 3. The van der Waals surface area contributed by atoms with Gasteiger partial charge >= 0.3 is 5.97 Å². The van der Waals surface area contributed by atoms with Crippen molar-refractivity contribution in [2.45, 2.75) is 33.1 Å². The third kappa shape index (κ3) is 4.53. The van der Waals surface area contributed by atoms with Gasteiger partial charge in [0.05, 0.1) is 11.3 Å². The van der Waals surface area contributed by atoms with E-state index in [1.807, 2.05) is 6.92 Å². The van der Waals surface area contributed by atoms with Crippen LogP contribution in [0.2, 0.25) is 0 Å². The van der Waals surface area contributed by atoms with Crippen molar-refractivity contribution in [1.29, 1.82) is 0 Å². The highest BCUT2D eigenvalue weighted by Crippen LogP contribution is 2.06. The number of carbonyl (C=O) groups excluding carboxylic acids is 1. The van der Waals surface area contributed by atoms with Crippen LogP contribution in [0.5, 0.6) is 0 Å². The predicted molar refractivity (Wildman–Crippen MR) is 67.5 cm³/mol. The van der Waals surface area contributed by atoms with Crippen molar-refractivity contribution in [1.82, 2.24) is 10.3 Å². The lowest BCUT2D eigenvalue weighted by Gasteiger charge is -2.07. The molecular weight excluding hydrogens is 232 g/mol. The summed E-state index contributed by atoms with van der Waals surface area (Å²) in [5.41, 5.74) is 2.15. The predicted octanol–water partition coefficient (Wildman–Crippen LogP) is 1.68. The van der Waals surface area contributed by atoms with Crippen LogP contribution in [0, 0.1) is 13.8 Å². The molecule has 5 nitrogen and oxygen atoms in total. The molecule has 0 radical (unpaired) electrons. The van der Waals surface area contributed by atoms with Gasteiger partial charge in [0.2, 0.25) is 0 Å². The summed E-state index contributed by atoms with van der Waals surface area (Å²) in [7, 11) is 0. The molecule has 1 rings (SSSR count). The lowest BCUT2D eigenvalue weighted by Crippen LogP contribution is -2.25.